The van der Waals surface area contributed by atoms with Crippen molar-refractivity contribution in [1.82, 2.24) is 24.7 Å². The summed E-state index contributed by atoms with van der Waals surface area (Å²) in [6.45, 7) is 6.42. The molecule has 1 saturated heterocycles. The van der Waals surface area contributed by atoms with E-state index in [4.69, 9.17) is 5.10 Å². The number of nitrogens with one attached hydrogen (secondary N) is 1. The average molecular weight is 406 g/mol. The molecule has 29 heavy (non-hydrogen) atoms. The van der Waals surface area contributed by atoms with E-state index in [0.29, 0.717) is 0 Å². The number of aryl methyl sites for hydroxylation is 1. The first-order valence-corrected chi connectivity index (χ1v) is 10.7. The lowest BCUT2D eigenvalue weighted by Crippen LogP contribution is -2.44. The zero-order valence-corrected chi connectivity index (χ0v) is 17.4. The molecule has 0 unspecified atom stereocenters. The van der Waals surface area contributed by atoms with Gasteiger partial charge >= 0.3 is 0 Å². The van der Waals surface area contributed by atoms with Crippen LogP contribution in [0.1, 0.15) is 5.56 Å². The molecule has 0 spiro atoms. The number of aromatic nitrogens is 4. The average Bonchev–Trinajstić information content (AvgIpc) is 3.37. The van der Waals surface area contributed by atoms with Crippen molar-refractivity contribution < 1.29 is 0 Å². The fourth-order valence-corrected chi connectivity index (χ4v) is 4.29. The van der Waals surface area contributed by atoms with Crippen molar-refractivity contribution >= 4 is 34.2 Å². The highest BCUT2D eigenvalue weighted by Crippen LogP contribution is 2.26. The van der Waals surface area contributed by atoms with Crippen LogP contribution in [0, 0.1) is 6.92 Å². The lowest BCUT2D eigenvalue weighted by molar-refractivity contribution is 0.313. The van der Waals surface area contributed by atoms with Crippen molar-refractivity contribution in [2.75, 3.05) is 43.4 Å². The van der Waals surface area contributed by atoms with Gasteiger partial charge in [0.15, 0.2) is 17.3 Å². The number of hydrogen-bond acceptors (Lipinski definition) is 7. The Kier molecular flexibility index (Phi) is 4.65. The number of anilines is 3. The molecule has 4 heterocycles. The smallest absolute Gasteiger partial charge is 0.186 e. The zero-order valence-electron chi connectivity index (χ0n) is 16.5. The van der Waals surface area contributed by atoms with Gasteiger partial charge in [-0.05, 0) is 61.3 Å². The van der Waals surface area contributed by atoms with Gasteiger partial charge in [0.05, 0.1) is 0 Å². The van der Waals surface area contributed by atoms with Gasteiger partial charge in [-0.2, -0.15) is 15.9 Å². The molecular weight excluding hydrogens is 382 g/mol. The Morgan fingerprint density at radius 1 is 1.00 bits per heavy atom. The maximum absolute atomic E-state index is 4.73. The predicted octanol–water partition coefficient (Wildman–Crippen LogP) is 3.66. The Balaban J connectivity index is 1.44. The van der Waals surface area contributed by atoms with Gasteiger partial charge < -0.3 is 15.1 Å². The van der Waals surface area contributed by atoms with Crippen LogP contribution in [0.2, 0.25) is 0 Å². The van der Waals surface area contributed by atoms with Crippen LogP contribution in [0.15, 0.2) is 47.2 Å². The van der Waals surface area contributed by atoms with Gasteiger partial charge in [0.25, 0.3) is 0 Å². The Labute approximate surface area is 173 Å². The summed E-state index contributed by atoms with van der Waals surface area (Å²) in [5.41, 5.74) is 5.29. The van der Waals surface area contributed by atoms with E-state index in [2.05, 4.69) is 62.9 Å². The maximum atomic E-state index is 4.73. The molecule has 1 aliphatic heterocycles. The minimum absolute atomic E-state index is 0.735. The third kappa shape index (κ3) is 3.68. The van der Waals surface area contributed by atoms with Gasteiger partial charge in [-0.25, -0.2) is 0 Å². The molecule has 0 aliphatic carbocycles. The van der Waals surface area contributed by atoms with Gasteiger partial charge in [0.1, 0.15) is 0 Å². The number of nitrogens with zero attached hydrogens (tertiary/aromatic N) is 6. The minimum Gasteiger partial charge on any atom is -0.369 e. The Morgan fingerprint density at radius 3 is 2.66 bits per heavy atom. The second-order valence-electron chi connectivity index (χ2n) is 7.50. The highest BCUT2D eigenvalue weighted by atomic mass is 32.1. The lowest BCUT2D eigenvalue weighted by Gasteiger charge is -2.34. The van der Waals surface area contributed by atoms with Crippen molar-refractivity contribution in [3.8, 4) is 11.4 Å². The summed E-state index contributed by atoms with van der Waals surface area (Å²) < 4.78 is 1.79. The summed E-state index contributed by atoms with van der Waals surface area (Å²) >= 11 is 1.64. The van der Waals surface area contributed by atoms with E-state index in [-0.39, 0.29) is 0 Å². The molecule has 0 radical (unpaired) electrons. The lowest BCUT2D eigenvalue weighted by atomic mass is 10.1. The third-order valence-corrected chi connectivity index (χ3v) is 5.93. The number of hydrogen-bond donors (Lipinski definition) is 1. The van der Waals surface area contributed by atoms with Crippen LogP contribution in [0.5, 0.6) is 0 Å². The summed E-state index contributed by atoms with van der Waals surface area (Å²) in [6.07, 6.45) is 0. The second-order valence-corrected chi connectivity index (χ2v) is 8.28. The topological polar surface area (TPSA) is 61.6 Å². The van der Waals surface area contributed by atoms with E-state index in [1.807, 2.05) is 23.6 Å². The first kappa shape index (κ1) is 18.1. The SMILES string of the molecule is Cc1cc(Nc2ccc3nnc(-c4ccsc4)n3n2)cc(N2CCN(C)CC2)c1. The van der Waals surface area contributed by atoms with Gasteiger partial charge in [-0.1, -0.05) is 0 Å². The molecule has 1 aliphatic rings. The van der Waals surface area contributed by atoms with Crippen molar-refractivity contribution in [2.24, 2.45) is 0 Å². The van der Waals surface area contributed by atoms with Crippen molar-refractivity contribution in [3.63, 3.8) is 0 Å². The van der Waals surface area contributed by atoms with Gasteiger partial charge in [-0.15, -0.1) is 15.3 Å². The highest BCUT2D eigenvalue weighted by molar-refractivity contribution is 7.08. The molecule has 148 valence electrons. The first-order chi connectivity index (χ1) is 14.2. The number of fused-ring (bicyclic) bond motifs is 1. The van der Waals surface area contributed by atoms with Crippen molar-refractivity contribution in [1.29, 1.82) is 0 Å². The quantitative estimate of drug-likeness (QED) is 0.559. The fraction of sp³-hybridized carbons (Fsp3) is 0.286. The monoisotopic (exact) mass is 405 g/mol. The molecule has 7 nitrogen and oxygen atoms in total. The molecule has 5 rings (SSSR count). The minimum atomic E-state index is 0.735. The number of piperazine rings is 1. The Bertz CT molecular complexity index is 1130. The Morgan fingerprint density at radius 2 is 1.86 bits per heavy atom. The van der Waals surface area contributed by atoms with E-state index in [0.717, 1.165) is 54.7 Å². The predicted molar refractivity (Wildman–Crippen MR) is 118 cm³/mol. The molecule has 4 aromatic rings. The van der Waals surface area contributed by atoms with E-state index >= 15 is 0 Å². The van der Waals surface area contributed by atoms with E-state index < -0.39 is 0 Å². The van der Waals surface area contributed by atoms with E-state index in [1.165, 1.54) is 11.3 Å². The summed E-state index contributed by atoms with van der Waals surface area (Å²) in [5, 5.41) is 20.8. The zero-order chi connectivity index (χ0) is 19.8. The summed E-state index contributed by atoms with van der Waals surface area (Å²) in [6, 6.07) is 12.5. The summed E-state index contributed by atoms with van der Waals surface area (Å²) in [4.78, 5) is 4.82. The van der Waals surface area contributed by atoms with Crippen molar-refractivity contribution in [3.05, 3.63) is 52.7 Å². The normalized spacial score (nSPS) is 15.2. The number of benzene rings is 1. The molecule has 0 amide bonds. The van der Waals surface area contributed by atoms with Crippen LogP contribution in [0.25, 0.3) is 17.0 Å². The van der Waals surface area contributed by atoms with Crippen LogP contribution >= 0.6 is 11.3 Å². The van der Waals surface area contributed by atoms with Gasteiger partial charge in [0, 0.05) is 48.5 Å². The van der Waals surface area contributed by atoms with Crippen LogP contribution in [-0.4, -0.2) is 57.9 Å². The molecule has 3 aromatic heterocycles. The van der Waals surface area contributed by atoms with Gasteiger partial charge in [0.2, 0.25) is 0 Å². The van der Waals surface area contributed by atoms with Crippen molar-refractivity contribution in [2.45, 2.75) is 6.92 Å². The fourth-order valence-electron chi connectivity index (χ4n) is 3.66. The summed E-state index contributed by atoms with van der Waals surface area (Å²) in [7, 11) is 2.18. The first-order valence-electron chi connectivity index (χ1n) is 9.73. The Hall–Kier alpha value is -2.97. The van der Waals surface area contributed by atoms with Crippen LogP contribution < -0.4 is 10.2 Å². The standard InChI is InChI=1S/C21H23N7S/c1-15-11-17(13-18(12-15)27-8-6-26(2)7-9-27)22-19-3-4-20-23-24-21(28(20)25-19)16-5-10-29-14-16/h3-5,10-14H,6-9H2,1-2H3,(H,22,25). The molecule has 0 saturated carbocycles. The number of thiophene rings is 1. The third-order valence-electron chi connectivity index (χ3n) is 5.25. The molecule has 0 atom stereocenters. The molecular formula is C21H23N7S. The molecule has 1 fully saturated rings. The van der Waals surface area contributed by atoms with E-state index in [1.54, 1.807) is 15.9 Å². The molecule has 0 bridgehead atoms. The number of rotatable bonds is 4. The maximum Gasteiger partial charge on any atom is 0.186 e. The summed E-state index contributed by atoms with van der Waals surface area (Å²) in [5.74, 6) is 1.52. The second kappa shape index (κ2) is 7.46. The van der Waals surface area contributed by atoms with Gasteiger partial charge in [-0.3, -0.25) is 0 Å². The molecule has 1 aromatic carbocycles. The molecule has 1 N–H and O–H groups in total. The van der Waals surface area contributed by atoms with Crippen LogP contribution in [-0.2, 0) is 0 Å². The highest BCUT2D eigenvalue weighted by Gasteiger charge is 2.15. The largest absolute Gasteiger partial charge is 0.369 e. The number of likely N-dealkylation sites (N-methyl/N-ethyl adjacent to an activating group) is 1. The van der Waals surface area contributed by atoms with Crippen LogP contribution in [0.4, 0.5) is 17.2 Å². The van der Waals surface area contributed by atoms with E-state index in [9.17, 15) is 0 Å². The molecule has 8 heteroatoms. The van der Waals surface area contributed by atoms with Crippen LogP contribution in [0.3, 0.4) is 0 Å².